The second-order valence-electron chi connectivity index (χ2n) is 4.81. The topological polar surface area (TPSA) is 91.3 Å². The number of rotatable bonds is 5. The third kappa shape index (κ3) is 5.24. The van der Waals surface area contributed by atoms with Gasteiger partial charge < -0.3 is 15.7 Å². The van der Waals surface area contributed by atoms with Crippen LogP contribution in [0.2, 0.25) is 0 Å². The number of nitrogens with zero attached hydrogens (tertiary/aromatic N) is 1. The Hall–Kier alpha value is -1.47. The highest BCUT2D eigenvalue weighted by atomic mass is 32.1. The molecule has 0 radical (unpaired) electrons. The molecule has 0 aliphatic carbocycles. The van der Waals surface area contributed by atoms with Gasteiger partial charge in [0, 0.05) is 10.9 Å². The highest BCUT2D eigenvalue weighted by Gasteiger charge is 2.12. The molecule has 1 heterocycles. The van der Waals surface area contributed by atoms with Gasteiger partial charge in [-0.3, -0.25) is 4.79 Å². The first-order chi connectivity index (χ1) is 8.28. The summed E-state index contributed by atoms with van der Waals surface area (Å²) in [5.41, 5.74) is -0.105. The van der Waals surface area contributed by atoms with Gasteiger partial charge in [0.25, 0.3) is 0 Å². The predicted octanol–water partition coefficient (Wildman–Crippen LogP) is 0.846. The lowest BCUT2D eigenvalue weighted by molar-refractivity contribution is -0.120. The van der Waals surface area contributed by atoms with Crippen LogP contribution in [0.25, 0.3) is 0 Å². The molecule has 0 aromatic carbocycles. The molecule has 18 heavy (non-hydrogen) atoms. The van der Waals surface area contributed by atoms with Crippen LogP contribution in [0.4, 0.5) is 0 Å². The Kier molecular flexibility index (Phi) is 4.80. The highest BCUT2D eigenvalue weighted by Crippen LogP contribution is 2.09. The quantitative estimate of drug-likeness (QED) is 0.738. The Morgan fingerprint density at radius 3 is 2.61 bits per heavy atom. The Morgan fingerprint density at radius 1 is 1.44 bits per heavy atom. The first kappa shape index (κ1) is 14.6. The Labute approximate surface area is 109 Å². The minimum absolute atomic E-state index is 0.0112. The number of carbonyl (C=O) groups is 2. The standard InChI is InChI=1S/C11H17N3O3S/c1-11(2,3)13-4-8(15)12-5-9-14-7(6-18-9)10(16)17/h6,13H,4-5H2,1-3H3,(H,12,15)(H,16,17). The molecule has 0 saturated heterocycles. The second-order valence-corrected chi connectivity index (χ2v) is 5.75. The van der Waals surface area contributed by atoms with Gasteiger partial charge in [-0.25, -0.2) is 9.78 Å². The fourth-order valence-electron chi connectivity index (χ4n) is 1.07. The minimum Gasteiger partial charge on any atom is -0.476 e. The molecule has 1 amide bonds. The molecular weight excluding hydrogens is 254 g/mol. The number of thiazole rings is 1. The van der Waals surface area contributed by atoms with E-state index in [1.165, 1.54) is 16.7 Å². The molecule has 0 aliphatic rings. The number of nitrogens with one attached hydrogen (secondary N) is 2. The van der Waals surface area contributed by atoms with Crippen molar-refractivity contribution in [1.82, 2.24) is 15.6 Å². The molecule has 3 N–H and O–H groups in total. The van der Waals surface area contributed by atoms with E-state index in [9.17, 15) is 9.59 Å². The fraction of sp³-hybridized carbons (Fsp3) is 0.545. The maximum absolute atomic E-state index is 11.5. The first-order valence-corrected chi connectivity index (χ1v) is 6.35. The van der Waals surface area contributed by atoms with E-state index in [0.29, 0.717) is 5.01 Å². The van der Waals surface area contributed by atoms with Gasteiger partial charge in [-0.05, 0) is 20.8 Å². The van der Waals surface area contributed by atoms with Crippen LogP contribution >= 0.6 is 11.3 Å². The average molecular weight is 271 g/mol. The minimum atomic E-state index is -1.06. The molecule has 7 heteroatoms. The molecule has 0 saturated carbocycles. The SMILES string of the molecule is CC(C)(C)NCC(=O)NCc1nc(C(=O)O)cs1. The summed E-state index contributed by atoms with van der Waals surface area (Å²) < 4.78 is 0. The molecule has 1 aromatic rings. The number of carbonyl (C=O) groups excluding carboxylic acids is 1. The van der Waals surface area contributed by atoms with E-state index in [-0.39, 0.29) is 30.2 Å². The van der Waals surface area contributed by atoms with Crippen LogP contribution < -0.4 is 10.6 Å². The maximum Gasteiger partial charge on any atom is 0.355 e. The van der Waals surface area contributed by atoms with Gasteiger partial charge in [0.15, 0.2) is 5.69 Å². The summed E-state index contributed by atoms with van der Waals surface area (Å²) >= 11 is 1.22. The van der Waals surface area contributed by atoms with Crippen molar-refractivity contribution in [2.75, 3.05) is 6.54 Å². The molecule has 0 unspecified atom stereocenters. The molecule has 0 aliphatic heterocycles. The number of aromatic carboxylic acids is 1. The number of carboxylic acid groups (broad SMARTS) is 1. The van der Waals surface area contributed by atoms with E-state index >= 15 is 0 Å². The van der Waals surface area contributed by atoms with E-state index in [4.69, 9.17) is 5.11 Å². The Balaban J connectivity index is 2.36. The maximum atomic E-state index is 11.5. The molecule has 1 aromatic heterocycles. The van der Waals surface area contributed by atoms with Crippen molar-refractivity contribution in [3.63, 3.8) is 0 Å². The van der Waals surface area contributed by atoms with Crippen LogP contribution in [0.1, 0.15) is 36.3 Å². The second kappa shape index (κ2) is 5.92. The zero-order valence-corrected chi connectivity index (χ0v) is 11.4. The van der Waals surface area contributed by atoms with Gasteiger partial charge in [-0.1, -0.05) is 0 Å². The van der Waals surface area contributed by atoms with Crippen molar-refractivity contribution in [2.24, 2.45) is 0 Å². The number of amides is 1. The Morgan fingerprint density at radius 2 is 2.11 bits per heavy atom. The summed E-state index contributed by atoms with van der Waals surface area (Å²) in [6, 6.07) is 0. The van der Waals surface area contributed by atoms with E-state index in [1.807, 2.05) is 20.8 Å². The normalized spacial score (nSPS) is 11.3. The van der Waals surface area contributed by atoms with Gasteiger partial charge in [0.05, 0.1) is 13.1 Å². The van der Waals surface area contributed by atoms with Crippen LogP contribution in [0.5, 0.6) is 0 Å². The summed E-state index contributed by atoms with van der Waals surface area (Å²) in [7, 11) is 0. The van der Waals surface area contributed by atoms with Crippen LogP contribution in [-0.4, -0.2) is 34.1 Å². The summed E-state index contributed by atoms with van der Waals surface area (Å²) in [4.78, 5) is 26.0. The largest absolute Gasteiger partial charge is 0.476 e. The van der Waals surface area contributed by atoms with Crippen molar-refractivity contribution in [3.8, 4) is 0 Å². The number of aromatic nitrogens is 1. The average Bonchev–Trinajstić information content (AvgIpc) is 2.71. The summed E-state index contributed by atoms with van der Waals surface area (Å²) in [5, 5.41) is 16.5. The van der Waals surface area contributed by atoms with Crippen molar-refractivity contribution in [3.05, 3.63) is 16.1 Å². The molecule has 0 bridgehead atoms. The smallest absolute Gasteiger partial charge is 0.355 e. The molecule has 0 atom stereocenters. The number of hydrogen-bond acceptors (Lipinski definition) is 5. The zero-order valence-electron chi connectivity index (χ0n) is 10.6. The molecular formula is C11H17N3O3S. The summed E-state index contributed by atoms with van der Waals surface area (Å²) in [6.45, 7) is 6.39. The third-order valence-electron chi connectivity index (χ3n) is 1.99. The van der Waals surface area contributed by atoms with Crippen LogP contribution in [-0.2, 0) is 11.3 Å². The number of hydrogen-bond donors (Lipinski definition) is 3. The van der Waals surface area contributed by atoms with Crippen LogP contribution in [0.15, 0.2) is 5.38 Å². The highest BCUT2D eigenvalue weighted by molar-refractivity contribution is 7.09. The molecule has 1 rings (SSSR count). The lowest BCUT2D eigenvalue weighted by Crippen LogP contribution is -2.43. The predicted molar refractivity (Wildman–Crippen MR) is 68.7 cm³/mol. The van der Waals surface area contributed by atoms with Crippen LogP contribution in [0, 0.1) is 0 Å². The molecule has 6 nitrogen and oxygen atoms in total. The summed E-state index contributed by atoms with van der Waals surface area (Å²) in [5.74, 6) is -1.20. The van der Waals surface area contributed by atoms with E-state index < -0.39 is 5.97 Å². The van der Waals surface area contributed by atoms with Gasteiger partial charge >= 0.3 is 5.97 Å². The van der Waals surface area contributed by atoms with E-state index in [0.717, 1.165) is 0 Å². The van der Waals surface area contributed by atoms with Crippen molar-refractivity contribution in [1.29, 1.82) is 0 Å². The summed E-state index contributed by atoms with van der Waals surface area (Å²) in [6.07, 6.45) is 0. The van der Waals surface area contributed by atoms with Crippen LogP contribution in [0.3, 0.4) is 0 Å². The van der Waals surface area contributed by atoms with Crippen molar-refractivity contribution in [2.45, 2.75) is 32.9 Å². The van der Waals surface area contributed by atoms with E-state index in [1.54, 1.807) is 0 Å². The monoisotopic (exact) mass is 271 g/mol. The molecule has 0 spiro atoms. The Bertz CT molecular complexity index is 437. The third-order valence-corrected chi connectivity index (χ3v) is 2.84. The lowest BCUT2D eigenvalue weighted by Gasteiger charge is -2.19. The molecule has 0 fully saturated rings. The lowest BCUT2D eigenvalue weighted by atomic mass is 10.1. The van der Waals surface area contributed by atoms with E-state index in [2.05, 4.69) is 15.6 Å². The van der Waals surface area contributed by atoms with Gasteiger partial charge in [0.1, 0.15) is 5.01 Å². The number of carboxylic acids is 1. The van der Waals surface area contributed by atoms with Gasteiger partial charge in [-0.15, -0.1) is 11.3 Å². The van der Waals surface area contributed by atoms with Gasteiger partial charge in [-0.2, -0.15) is 0 Å². The fourth-order valence-corrected chi connectivity index (χ4v) is 1.78. The zero-order chi connectivity index (χ0) is 13.8. The van der Waals surface area contributed by atoms with Gasteiger partial charge in [0.2, 0.25) is 5.91 Å². The first-order valence-electron chi connectivity index (χ1n) is 5.47. The molecule has 100 valence electrons. The van der Waals surface area contributed by atoms with Crippen molar-refractivity contribution < 1.29 is 14.7 Å². The van der Waals surface area contributed by atoms with Crippen molar-refractivity contribution >= 4 is 23.2 Å².